The summed E-state index contributed by atoms with van der Waals surface area (Å²) < 4.78 is 0. The van der Waals surface area contributed by atoms with Gasteiger partial charge in [0.15, 0.2) is 0 Å². The number of anilines is 1. The molecule has 4 nitrogen and oxygen atoms in total. The van der Waals surface area contributed by atoms with E-state index in [1.807, 2.05) is 31.2 Å². The fraction of sp³-hybridized carbons (Fsp3) is 0.400. The molecule has 0 radical (unpaired) electrons. The third kappa shape index (κ3) is 4.66. The van der Waals surface area contributed by atoms with Gasteiger partial charge in [-0.3, -0.25) is 10.2 Å². The standard InChI is InChI=1S/C15H21N3O/c1-12-7-9-13(10-8-12)16-11-15(19)18-17-14-5-3-2-4-6-14/h5,7-10,16-17H,2-4,6,11H2,1H3,(H,18,19). The molecule has 0 bridgehead atoms. The Morgan fingerprint density at radius 3 is 2.68 bits per heavy atom. The van der Waals surface area contributed by atoms with Crippen molar-refractivity contribution >= 4 is 11.6 Å². The van der Waals surface area contributed by atoms with E-state index in [1.54, 1.807) is 0 Å². The number of hydrazine groups is 1. The average Bonchev–Trinajstić information content (AvgIpc) is 2.45. The van der Waals surface area contributed by atoms with E-state index in [-0.39, 0.29) is 12.5 Å². The summed E-state index contributed by atoms with van der Waals surface area (Å²) in [5.74, 6) is -0.0629. The molecule has 0 aliphatic heterocycles. The molecule has 1 amide bonds. The first kappa shape index (κ1) is 13.5. The molecule has 1 aromatic carbocycles. The number of benzene rings is 1. The van der Waals surface area contributed by atoms with Crippen LogP contribution >= 0.6 is 0 Å². The molecule has 1 aliphatic rings. The van der Waals surface area contributed by atoms with Crippen LogP contribution in [0.1, 0.15) is 31.2 Å². The Balaban J connectivity index is 1.69. The van der Waals surface area contributed by atoms with Crippen LogP contribution in [0.15, 0.2) is 36.0 Å². The second kappa shape index (κ2) is 6.83. The van der Waals surface area contributed by atoms with Crippen LogP contribution in [0, 0.1) is 6.92 Å². The van der Waals surface area contributed by atoms with Crippen LogP contribution in [-0.4, -0.2) is 12.5 Å². The Hall–Kier alpha value is -1.97. The van der Waals surface area contributed by atoms with Gasteiger partial charge < -0.3 is 10.7 Å². The minimum absolute atomic E-state index is 0.0629. The van der Waals surface area contributed by atoms with E-state index in [9.17, 15) is 4.79 Å². The highest BCUT2D eigenvalue weighted by Crippen LogP contribution is 2.14. The Morgan fingerprint density at radius 1 is 1.21 bits per heavy atom. The summed E-state index contributed by atoms with van der Waals surface area (Å²) in [6.07, 6.45) is 6.70. The summed E-state index contributed by atoms with van der Waals surface area (Å²) >= 11 is 0. The van der Waals surface area contributed by atoms with Crippen molar-refractivity contribution in [3.8, 4) is 0 Å². The molecule has 19 heavy (non-hydrogen) atoms. The van der Waals surface area contributed by atoms with Crippen molar-refractivity contribution in [1.29, 1.82) is 0 Å². The smallest absolute Gasteiger partial charge is 0.257 e. The number of carbonyl (C=O) groups excluding carboxylic acids is 1. The van der Waals surface area contributed by atoms with Gasteiger partial charge in [0.2, 0.25) is 0 Å². The topological polar surface area (TPSA) is 53.2 Å². The lowest BCUT2D eigenvalue weighted by molar-refractivity contribution is -0.120. The van der Waals surface area contributed by atoms with Gasteiger partial charge in [-0.05, 0) is 44.7 Å². The number of carbonyl (C=O) groups is 1. The van der Waals surface area contributed by atoms with Gasteiger partial charge in [0.1, 0.15) is 0 Å². The SMILES string of the molecule is Cc1ccc(NCC(=O)NNC2=CCCCC2)cc1. The molecular weight excluding hydrogens is 238 g/mol. The molecule has 0 saturated carbocycles. The molecule has 1 aliphatic carbocycles. The van der Waals surface area contributed by atoms with E-state index >= 15 is 0 Å². The summed E-state index contributed by atoms with van der Waals surface area (Å²) in [7, 11) is 0. The van der Waals surface area contributed by atoms with Crippen LogP contribution in [0.5, 0.6) is 0 Å². The van der Waals surface area contributed by atoms with Gasteiger partial charge >= 0.3 is 0 Å². The first-order valence-corrected chi connectivity index (χ1v) is 6.78. The maximum absolute atomic E-state index is 11.7. The van der Waals surface area contributed by atoms with Crippen molar-refractivity contribution in [3.63, 3.8) is 0 Å². The van der Waals surface area contributed by atoms with Gasteiger partial charge in [-0.2, -0.15) is 0 Å². The first-order chi connectivity index (χ1) is 9.24. The maximum atomic E-state index is 11.7. The summed E-state index contributed by atoms with van der Waals surface area (Å²) in [5, 5.41) is 3.09. The van der Waals surface area contributed by atoms with Crippen molar-refractivity contribution < 1.29 is 4.79 Å². The number of aryl methyl sites for hydroxylation is 1. The average molecular weight is 259 g/mol. The van der Waals surface area contributed by atoms with Crippen LogP contribution in [0.25, 0.3) is 0 Å². The van der Waals surface area contributed by atoms with Gasteiger partial charge in [0.05, 0.1) is 6.54 Å². The fourth-order valence-electron chi connectivity index (χ4n) is 2.00. The molecule has 102 valence electrons. The van der Waals surface area contributed by atoms with Gasteiger partial charge in [-0.25, -0.2) is 0 Å². The summed E-state index contributed by atoms with van der Waals surface area (Å²) in [6, 6.07) is 7.98. The normalized spacial score (nSPS) is 14.5. The van der Waals surface area contributed by atoms with Crippen LogP contribution in [-0.2, 0) is 4.79 Å². The zero-order valence-electron chi connectivity index (χ0n) is 11.3. The molecule has 3 N–H and O–H groups in total. The third-order valence-electron chi connectivity index (χ3n) is 3.16. The van der Waals surface area contributed by atoms with E-state index in [4.69, 9.17) is 0 Å². The van der Waals surface area contributed by atoms with Gasteiger partial charge in [0, 0.05) is 11.4 Å². The van der Waals surface area contributed by atoms with Gasteiger partial charge in [-0.15, -0.1) is 0 Å². The van der Waals surface area contributed by atoms with E-state index in [0.29, 0.717) is 0 Å². The molecule has 4 heteroatoms. The van der Waals surface area contributed by atoms with Gasteiger partial charge in [0.25, 0.3) is 5.91 Å². The molecule has 0 fully saturated rings. The lowest BCUT2D eigenvalue weighted by Gasteiger charge is -2.16. The molecule has 0 spiro atoms. The second-order valence-corrected chi connectivity index (χ2v) is 4.87. The summed E-state index contributed by atoms with van der Waals surface area (Å²) in [6.45, 7) is 2.31. The molecule has 0 heterocycles. The Bertz CT molecular complexity index is 451. The fourth-order valence-corrected chi connectivity index (χ4v) is 2.00. The van der Waals surface area contributed by atoms with Crippen LogP contribution < -0.4 is 16.2 Å². The highest BCUT2D eigenvalue weighted by molar-refractivity contribution is 5.80. The van der Waals surface area contributed by atoms with Crippen LogP contribution in [0.3, 0.4) is 0 Å². The maximum Gasteiger partial charge on any atom is 0.257 e. The molecule has 0 atom stereocenters. The molecule has 0 unspecified atom stereocenters. The van der Waals surface area contributed by atoms with Crippen molar-refractivity contribution in [2.24, 2.45) is 0 Å². The van der Waals surface area contributed by atoms with Crippen molar-refractivity contribution in [2.45, 2.75) is 32.6 Å². The van der Waals surface area contributed by atoms with Crippen molar-refractivity contribution in [3.05, 3.63) is 41.6 Å². The summed E-state index contributed by atoms with van der Waals surface area (Å²) in [5.41, 5.74) is 8.99. The first-order valence-electron chi connectivity index (χ1n) is 6.78. The third-order valence-corrected chi connectivity index (χ3v) is 3.16. The zero-order valence-corrected chi connectivity index (χ0v) is 11.3. The number of rotatable bonds is 5. The van der Waals surface area contributed by atoms with Crippen molar-refractivity contribution in [2.75, 3.05) is 11.9 Å². The Morgan fingerprint density at radius 2 is 2.00 bits per heavy atom. The molecule has 1 aromatic rings. The number of allylic oxidation sites excluding steroid dienone is 2. The predicted molar refractivity (Wildman–Crippen MR) is 77.5 cm³/mol. The zero-order chi connectivity index (χ0) is 13.5. The van der Waals surface area contributed by atoms with Crippen molar-refractivity contribution in [1.82, 2.24) is 10.9 Å². The molecular formula is C15H21N3O. The molecule has 2 rings (SSSR count). The van der Waals surface area contributed by atoms with E-state index < -0.39 is 0 Å². The molecule has 0 saturated heterocycles. The Labute approximate surface area is 114 Å². The van der Waals surface area contributed by atoms with Gasteiger partial charge in [-0.1, -0.05) is 23.8 Å². The quantitative estimate of drug-likeness (QED) is 0.712. The van der Waals surface area contributed by atoms with Crippen LogP contribution in [0.4, 0.5) is 5.69 Å². The highest BCUT2D eigenvalue weighted by Gasteiger charge is 2.05. The monoisotopic (exact) mass is 259 g/mol. The number of nitrogens with one attached hydrogen (secondary N) is 3. The molecule has 0 aromatic heterocycles. The second-order valence-electron chi connectivity index (χ2n) is 4.87. The Kier molecular flexibility index (Phi) is 4.84. The minimum atomic E-state index is -0.0629. The summed E-state index contributed by atoms with van der Waals surface area (Å²) in [4.78, 5) is 11.7. The highest BCUT2D eigenvalue weighted by atomic mass is 16.2. The minimum Gasteiger partial charge on any atom is -0.376 e. The number of hydrogen-bond acceptors (Lipinski definition) is 3. The lowest BCUT2D eigenvalue weighted by atomic mass is 10.1. The van der Waals surface area contributed by atoms with E-state index in [2.05, 4.69) is 22.2 Å². The number of hydrogen-bond donors (Lipinski definition) is 3. The van der Waals surface area contributed by atoms with E-state index in [1.165, 1.54) is 18.4 Å². The van der Waals surface area contributed by atoms with Crippen LogP contribution in [0.2, 0.25) is 0 Å². The number of amides is 1. The lowest BCUT2D eigenvalue weighted by Crippen LogP contribution is -2.40. The predicted octanol–water partition coefficient (Wildman–Crippen LogP) is 2.49. The largest absolute Gasteiger partial charge is 0.376 e. The van der Waals surface area contributed by atoms with E-state index in [0.717, 1.165) is 24.2 Å².